The number of rotatable bonds is 5. The first-order valence-electron chi connectivity index (χ1n) is 8.89. The van der Waals surface area contributed by atoms with Gasteiger partial charge in [-0.3, -0.25) is 19.9 Å². The second-order valence-electron chi connectivity index (χ2n) is 6.30. The number of hydrogen-bond acceptors (Lipinski definition) is 5. The molecule has 1 N–H and O–H groups in total. The summed E-state index contributed by atoms with van der Waals surface area (Å²) in [4.78, 5) is 28.7. The van der Waals surface area contributed by atoms with Crippen LogP contribution in [-0.2, 0) is 0 Å². The van der Waals surface area contributed by atoms with Gasteiger partial charge in [-0.05, 0) is 30.3 Å². The van der Waals surface area contributed by atoms with Crippen molar-refractivity contribution in [2.24, 2.45) is 0 Å². The number of fused-ring (bicyclic) bond motifs is 1. The molecule has 4 rings (SSSR count). The van der Waals surface area contributed by atoms with Crippen LogP contribution >= 0.6 is 11.8 Å². The summed E-state index contributed by atoms with van der Waals surface area (Å²) >= 11 is 1.03. The SMILES string of the molecule is O=C(Nc1cccc2cccnc12)c1cc([N+](=O)[O-])ccc1Sc1ccccc1F. The molecule has 0 unspecified atom stereocenters. The zero-order valence-corrected chi connectivity index (χ0v) is 16.2. The summed E-state index contributed by atoms with van der Waals surface area (Å²) in [6, 6.07) is 19.1. The number of aromatic nitrogens is 1. The summed E-state index contributed by atoms with van der Waals surface area (Å²) in [6.45, 7) is 0. The largest absolute Gasteiger partial charge is 0.320 e. The minimum absolute atomic E-state index is 0.0744. The molecule has 1 heterocycles. The number of halogens is 1. The molecular weight excluding hydrogens is 405 g/mol. The average molecular weight is 419 g/mol. The third-order valence-corrected chi connectivity index (χ3v) is 5.48. The van der Waals surface area contributed by atoms with E-state index in [0.717, 1.165) is 17.1 Å². The summed E-state index contributed by atoms with van der Waals surface area (Å²) < 4.78 is 14.1. The molecule has 0 atom stereocenters. The van der Waals surface area contributed by atoms with Crippen LogP contribution in [-0.4, -0.2) is 15.8 Å². The smallest absolute Gasteiger partial charge is 0.270 e. The lowest BCUT2D eigenvalue weighted by Crippen LogP contribution is -2.14. The molecule has 0 radical (unpaired) electrons. The Kier molecular flexibility index (Phi) is 5.40. The van der Waals surface area contributed by atoms with Crippen LogP contribution in [0.2, 0.25) is 0 Å². The minimum atomic E-state index is -0.576. The van der Waals surface area contributed by atoms with Crippen molar-refractivity contribution in [3.63, 3.8) is 0 Å². The number of amides is 1. The number of carbonyl (C=O) groups is 1. The lowest BCUT2D eigenvalue weighted by molar-refractivity contribution is -0.384. The Labute approximate surface area is 174 Å². The van der Waals surface area contributed by atoms with Gasteiger partial charge >= 0.3 is 0 Å². The highest BCUT2D eigenvalue weighted by Gasteiger charge is 2.19. The quantitative estimate of drug-likeness (QED) is 0.332. The lowest BCUT2D eigenvalue weighted by atomic mass is 10.1. The van der Waals surface area contributed by atoms with Crippen molar-refractivity contribution in [1.82, 2.24) is 4.98 Å². The van der Waals surface area contributed by atoms with Crippen molar-refractivity contribution >= 4 is 39.9 Å². The predicted molar refractivity (Wildman–Crippen MR) is 113 cm³/mol. The predicted octanol–water partition coefficient (Wildman–Crippen LogP) is 5.69. The summed E-state index contributed by atoms with van der Waals surface area (Å²) in [7, 11) is 0. The summed E-state index contributed by atoms with van der Waals surface area (Å²) in [5.41, 5.74) is 0.924. The van der Waals surface area contributed by atoms with E-state index in [1.807, 2.05) is 12.1 Å². The molecule has 148 valence electrons. The molecule has 0 spiro atoms. The molecule has 30 heavy (non-hydrogen) atoms. The van der Waals surface area contributed by atoms with Crippen molar-refractivity contribution in [2.45, 2.75) is 9.79 Å². The Balaban J connectivity index is 1.73. The maximum Gasteiger partial charge on any atom is 0.270 e. The van der Waals surface area contributed by atoms with Gasteiger partial charge in [0.2, 0.25) is 0 Å². The monoisotopic (exact) mass is 419 g/mol. The first-order chi connectivity index (χ1) is 14.5. The van der Waals surface area contributed by atoms with Crippen LogP contribution in [0.3, 0.4) is 0 Å². The number of nitro groups is 1. The second kappa shape index (κ2) is 8.30. The number of carbonyl (C=O) groups excluding carboxylic acids is 1. The molecule has 0 fully saturated rings. The maximum atomic E-state index is 14.1. The molecule has 1 aromatic heterocycles. The van der Waals surface area contributed by atoms with Gasteiger partial charge in [-0.2, -0.15) is 0 Å². The highest BCUT2D eigenvalue weighted by atomic mass is 32.2. The van der Waals surface area contributed by atoms with Crippen molar-refractivity contribution in [3.05, 3.63) is 100 Å². The summed E-state index contributed by atoms with van der Waals surface area (Å²) in [6.07, 6.45) is 1.62. The van der Waals surface area contributed by atoms with Crippen molar-refractivity contribution in [1.29, 1.82) is 0 Å². The van der Waals surface area contributed by atoms with Gasteiger partial charge in [0.25, 0.3) is 11.6 Å². The number of hydrogen-bond donors (Lipinski definition) is 1. The van der Waals surface area contributed by atoms with Gasteiger partial charge in [-0.25, -0.2) is 4.39 Å². The van der Waals surface area contributed by atoms with E-state index in [2.05, 4.69) is 10.3 Å². The van der Waals surface area contributed by atoms with Gasteiger partial charge in [0.15, 0.2) is 0 Å². The zero-order chi connectivity index (χ0) is 21.1. The van der Waals surface area contributed by atoms with Gasteiger partial charge in [0.1, 0.15) is 5.82 Å². The molecule has 3 aromatic carbocycles. The normalized spacial score (nSPS) is 10.7. The fraction of sp³-hybridized carbons (Fsp3) is 0. The molecule has 0 saturated carbocycles. The molecule has 1 amide bonds. The Morgan fingerprint density at radius 2 is 1.80 bits per heavy atom. The molecule has 0 aliphatic rings. The highest BCUT2D eigenvalue weighted by molar-refractivity contribution is 7.99. The van der Waals surface area contributed by atoms with Crippen molar-refractivity contribution < 1.29 is 14.1 Å². The number of anilines is 1. The van der Waals surface area contributed by atoms with E-state index in [-0.39, 0.29) is 11.3 Å². The zero-order valence-electron chi connectivity index (χ0n) is 15.4. The van der Waals surface area contributed by atoms with Crippen LogP contribution in [0, 0.1) is 15.9 Å². The van der Waals surface area contributed by atoms with Gasteiger partial charge in [0.05, 0.1) is 21.7 Å². The number of benzene rings is 3. The topological polar surface area (TPSA) is 85.1 Å². The van der Waals surface area contributed by atoms with E-state index in [9.17, 15) is 19.3 Å². The third-order valence-electron chi connectivity index (χ3n) is 4.36. The van der Waals surface area contributed by atoms with Crippen LogP contribution in [0.15, 0.2) is 88.8 Å². The third kappa shape index (κ3) is 3.99. The van der Waals surface area contributed by atoms with Crippen LogP contribution in [0.5, 0.6) is 0 Å². The fourth-order valence-corrected chi connectivity index (χ4v) is 3.89. The van der Waals surface area contributed by atoms with E-state index >= 15 is 0 Å². The number of pyridine rings is 1. The molecule has 0 aliphatic carbocycles. The van der Waals surface area contributed by atoms with E-state index in [1.54, 1.807) is 42.6 Å². The summed E-state index contributed by atoms with van der Waals surface area (Å²) in [5, 5.41) is 14.8. The van der Waals surface area contributed by atoms with E-state index < -0.39 is 16.6 Å². The van der Waals surface area contributed by atoms with E-state index in [4.69, 9.17) is 0 Å². The Hall–Kier alpha value is -3.78. The molecule has 4 aromatic rings. The van der Waals surface area contributed by atoms with Gasteiger partial charge in [0, 0.05) is 33.5 Å². The van der Waals surface area contributed by atoms with Gasteiger partial charge < -0.3 is 5.32 Å². The standard InChI is InChI=1S/C22H14FN3O3S/c23-17-7-1-2-9-20(17)30-19-11-10-15(26(28)29)13-16(19)22(27)25-18-8-3-5-14-6-4-12-24-21(14)18/h1-13H,(H,25,27). The Morgan fingerprint density at radius 1 is 1.00 bits per heavy atom. The molecule has 8 heteroatoms. The van der Waals surface area contributed by atoms with Crippen molar-refractivity contribution in [2.75, 3.05) is 5.32 Å². The lowest BCUT2D eigenvalue weighted by Gasteiger charge is -2.12. The van der Waals surface area contributed by atoms with Gasteiger partial charge in [-0.1, -0.05) is 42.1 Å². The Morgan fingerprint density at radius 3 is 2.60 bits per heavy atom. The number of para-hydroxylation sites is 1. The molecule has 6 nitrogen and oxygen atoms in total. The molecule has 0 aliphatic heterocycles. The van der Waals surface area contributed by atoms with Gasteiger partial charge in [-0.15, -0.1) is 0 Å². The maximum absolute atomic E-state index is 14.1. The number of nitro benzene ring substituents is 1. The number of non-ortho nitro benzene ring substituents is 1. The molecular formula is C22H14FN3O3S. The number of nitrogens with one attached hydrogen (secondary N) is 1. The van der Waals surface area contributed by atoms with Crippen LogP contribution in [0.1, 0.15) is 10.4 Å². The first kappa shape index (κ1) is 19.5. The average Bonchev–Trinajstić information content (AvgIpc) is 2.75. The molecule has 0 saturated heterocycles. The Bertz CT molecular complexity index is 1270. The van der Waals surface area contributed by atoms with Crippen LogP contribution in [0.4, 0.5) is 15.8 Å². The number of nitrogens with zero attached hydrogens (tertiary/aromatic N) is 2. The van der Waals surface area contributed by atoms with Crippen LogP contribution in [0.25, 0.3) is 10.9 Å². The van der Waals surface area contributed by atoms with Crippen LogP contribution < -0.4 is 5.32 Å². The molecule has 0 bridgehead atoms. The summed E-state index contributed by atoms with van der Waals surface area (Å²) in [5.74, 6) is -0.985. The van der Waals surface area contributed by atoms with E-state index in [1.165, 1.54) is 24.3 Å². The van der Waals surface area contributed by atoms with E-state index in [0.29, 0.717) is 21.0 Å². The van der Waals surface area contributed by atoms with Crippen molar-refractivity contribution in [3.8, 4) is 0 Å². The second-order valence-corrected chi connectivity index (χ2v) is 7.39. The fourth-order valence-electron chi connectivity index (χ4n) is 2.94. The highest BCUT2D eigenvalue weighted by Crippen LogP contribution is 2.34. The first-order valence-corrected chi connectivity index (χ1v) is 9.70. The minimum Gasteiger partial charge on any atom is -0.320 e.